The number of ether oxygens (including phenoxy) is 1. The highest BCUT2D eigenvalue weighted by Crippen LogP contribution is 2.24. The van der Waals surface area contributed by atoms with E-state index in [2.05, 4.69) is 29.6 Å². The Balaban J connectivity index is 1.65. The molecule has 2 aromatic carbocycles. The van der Waals surface area contributed by atoms with Crippen LogP contribution in [0.1, 0.15) is 23.1 Å². The molecule has 1 unspecified atom stereocenters. The van der Waals surface area contributed by atoms with Gasteiger partial charge in [-0.3, -0.25) is 0 Å². The van der Waals surface area contributed by atoms with E-state index in [-0.39, 0.29) is 0 Å². The first-order valence-electron chi connectivity index (χ1n) is 7.39. The maximum atomic E-state index is 6.08. The van der Waals surface area contributed by atoms with Crippen molar-refractivity contribution in [2.75, 3.05) is 7.11 Å². The van der Waals surface area contributed by atoms with Crippen molar-refractivity contribution in [1.82, 2.24) is 5.32 Å². The van der Waals surface area contributed by atoms with Gasteiger partial charge in [0.25, 0.3) is 0 Å². The van der Waals surface area contributed by atoms with Crippen molar-refractivity contribution in [3.05, 3.63) is 64.2 Å². The Morgan fingerprint density at radius 2 is 2.00 bits per heavy atom. The fourth-order valence-corrected chi connectivity index (χ4v) is 3.21. The lowest BCUT2D eigenvalue weighted by atomic mass is 9.88. The SMILES string of the molecule is COc1ccc(Cl)cc1CNC1CCc2ccccc2C1. The Kier molecular flexibility index (Phi) is 4.47. The maximum Gasteiger partial charge on any atom is 0.123 e. The number of methoxy groups -OCH3 is 1. The topological polar surface area (TPSA) is 21.3 Å². The third-order valence-corrected chi connectivity index (χ3v) is 4.41. The van der Waals surface area contributed by atoms with E-state index < -0.39 is 0 Å². The molecule has 110 valence electrons. The van der Waals surface area contributed by atoms with Gasteiger partial charge in [-0.15, -0.1) is 0 Å². The molecule has 0 aromatic heterocycles. The molecule has 0 fully saturated rings. The van der Waals surface area contributed by atoms with Gasteiger partial charge in [0, 0.05) is 23.2 Å². The van der Waals surface area contributed by atoms with Crippen molar-refractivity contribution in [2.24, 2.45) is 0 Å². The van der Waals surface area contributed by atoms with Gasteiger partial charge in [0.2, 0.25) is 0 Å². The van der Waals surface area contributed by atoms with Crippen molar-refractivity contribution in [3.63, 3.8) is 0 Å². The van der Waals surface area contributed by atoms with E-state index in [4.69, 9.17) is 16.3 Å². The van der Waals surface area contributed by atoms with Crippen LogP contribution in [0.15, 0.2) is 42.5 Å². The summed E-state index contributed by atoms with van der Waals surface area (Å²) in [4.78, 5) is 0. The molecule has 0 radical (unpaired) electrons. The summed E-state index contributed by atoms with van der Waals surface area (Å²) >= 11 is 6.08. The van der Waals surface area contributed by atoms with Crippen molar-refractivity contribution in [1.29, 1.82) is 0 Å². The average Bonchev–Trinajstić information content (AvgIpc) is 2.53. The molecule has 0 aliphatic heterocycles. The first-order chi connectivity index (χ1) is 10.3. The smallest absolute Gasteiger partial charge is 0.123 e. The zero-order valence-electron chi connectivity index (χ0n) is 12.2. The van der Waals surface area contributed by atoms with E-state index in [1.807, 2.05) is 18.2 Å². The zero-order chi connectivity index (χ0) is 14.7. The van der Waals surface area contributed by atoms with Gasteiger partial charge in [0.15, 0.2) is 0 Å². The number of nitrogens with one attached hydrogen (secondary N) is 1. The van der Waals surface area contributed by atoms with Gasteiger partial charge in [-0.1, -0.05) is 35.9 Å². The molecule has 2 aromatic rings. The number of hydrogen-bond acceptors (Lipinski definition) is 2. The van der Waals surface area contributed by atoms with E-state index in [9.17, 15) is 0 Å². The highest BCUT2D eigenvalue weighted by atomic mass is 35.5. The Labute approximate surface area is 131 Å². The first-order valence-corrected chi connectivity index (χ1v) is 7.76. The first kappa shape index (κ1) is 14.4. The molecule has 1 atom stereocenters. The predicted molar refractivity (Wildman–Crippen MR) is 87.1 cm³/mol. The molecule has 0 saturated carbocycles. The summed E-state index contributed by atoms with van der Waals surface area (Å²) in [6.07, 6.45) is 3.43. The fraction of sp³-hybridized carbons (Fsp3) is 0.333. The van der Waals surface area contributed by atoms with Crippen molar-refractivity contribution >= 4 is 11.6 Å². The minimum Gasteiger partial charge on any atom is -0.496 e. The molecule has 2 nitrogen and oxygen atoms in total. The molecular formula is C18H20ClNO. The third kappa shape index (κ3) is 3.39. The molecule has 21 heavy (non-hydrogen) atoms. The Hall–Kier alpha value is -1.51. The molecule has 1 aliphatic rings. The minimum absolute atomic E-state index is 0.517. The van der Waals surface area contributed by atoms with Crippen LogP contribution in [0.5, 0.6) is 5.75 Å². The van der Waals surface area contributed by atoms with Crippen molar-refractivity contribution < 1.29 is 4.74 Å². The van der Waals surface area contributed by atoms with Crippen LogP contribution in [0.2, 0.25) is 5.02 Å². The second-order valence-corrected chi connectivity index (χ2v) is 5.98. The van der Waals surface area contributed by atoms with Crippen LogP contribution in [0.25, 0.3) is 0 Å². The molecule has 0 heterocycles. The van der Waals surface area contributed by atoms with E-state index in [0.717, 1.165) is 35.7 Å². The predicted octanol–water partition coefficient (Wildman–Crippen LogP) is 4.00. The summed E-state index contributed by atoms with van der Waals surface area (Å²) in [6, 6.07) is 15.0. The summed E-state index contributed by atoms with van der Waals surface area (Å²) in [7, 11) is 1.70. The fourth-order valence-electron chi connectivity index (χ4n) is 3.01. The number of benzene rings is 2. The van der Waals surface area contributed by atoms with Crippen LogP contribution in [-0.4, -0.2) is 13.2 Å². The number of aryl methyl sites for hydroxylation is 1. The Morgan fingerprint density at radius 1 is 1.19 bits per heavy atom. The lowest BCUT2D eigenvalue weighted by Gasteiger charge is -2.26. The summed E-state index contributed by atoms with van der Waals surface area (Å²) in [5.74, 6) is 0.892. The van der Waals surface area contributed by atoms with Crippen LogP contribution in [0.3, 0.4) is 0 Å². The van der Waals surface area contributed by atoms with Gasteiger partial charge in [-0.05, 0) is 48.6 Å². The van der Waals surface area contributed by atoms with E-state index in [0.29, 0.717) is 6.04 Å². The van der Waals surface area contributed by atoms with Gasteiger partial charge < -0.3 is 10.1 Å². The lowest BCUT2D eigenvalue weighted by molar-refractivity contribution is 0.401. The van der Waals surface area contributed by atoms with Crippen LogP contribution >= 0.6 is 11.6 Å². The summed E-state index contributed by atoms with van der Waals surface area (Å²) in [6.45, 7) is 0.788. The molecule has 1 aliphatic carbocycles. The lowest BCUT2D eigenvalue weighted by Crippen LogP contribution is -2.34. The second kappa shape index (κ2) is 6.50. The monoisotopic (exact) mass is 301 g/mol. The quantitative estimate of drug-likeness (QED) is 0.922. The van der Waals surface area contributed by atoms with Crippen LogP contribution in [0.4, 0.5) is 0 Å². The highest BCUT2D eigenvalue weighted by molar-refractivity contribution is 6.30. The molecule has 0 amide bonds. The van der Waals surface area contributed by atoms with E-state index >= 15 is 0 Å². The van der Waals surface area contributed by atoms with Crippen LogP contribution in [0, 0.1) is 0 Å². The van der Waals surface area contributed by atoms with Gasteiger partial charge in [-0.25, -0.2) is 0 Å². The van der Waals surface area contributed by atoms with Gasteiger partial charge in [0.05, 0.1) is 7.11 Å². The molecule has 0 bridgehead atoms. The standard InChI is InChI=1S/C18H20ClNO/c1-21-18-9-7-16(19)10-15(18)12-20-17-8-6-13-4-2-3-5-14(13)11-17/h2-5,7,9-10,17,20H,6,8,11-12H2,1H3. The summed E-state index contributed by atoms with van der Waals surface area (Å²) < 4.78 is 5.40. The Bertz CT molecular complexity index is 626. The molecule has 3 heteroatoms. The molecule has 3 rings (SSSR count). The van der Waals surface area contributed by atoms with E-state index in [1.165, 1.54) is 17.5 Å². The van der Waals surface area contributed by atoms with E-state index in [1.54, 1.807) is 7.11 Å². The summed E-state index contributed by atoms with van der Waals surface area (Å²) in [5, 5.41) is 4.39. The van der Waals surface area contributed by atoms with Gasteiger partial charge >= 0.3 is 0 Å². The number of halogens is 1. The third-order valence-electron chi connectivity index (χ3n) is 4.17. The van der Waals surface area contributed by atoms with Gasteiger partial charge in [-0.2, -0.15) is 0 Å². The zero-order valence-corrected chi connectivity index (χ0v) is 13.0. The Morgan fingerprint density at radius 3 is 2.81 bits per heavy atom. The second-order valence-electron chi connectivity index (χ2n) is 5.55. The number of rotatable bonds is 4. The van der Waals surface area contributed by atoms with Crippen LogP contribution < -0.4 is 10.1 Å². The van der Waals surface area contributed by atoms with Gasteiger partial charge in [0.1, 0.15) is 5.75 Å². The van der Waals surface area contributed by atoms with Crippen molar-refractivity contribution in [3.8, 4) is 5.75 Å². The number of hydrogen-bond donors (Lipinski definition) is 1. The molecule has 0 spiro atoms. The summed E-state index contributed by atoms with van der Waals surface area (Å²) in [5.41, 5.74) is 4.08. The molecular weight excluding hydrogens is 282 g/mol. The number of fused-ring (bicyclic) bond motifs is 1. The molecule has 1 N–H and O–H groups in total. The van der Waals surface area contributed by atoms with Crippen molar-refractivity contribution in [2.45, 2.75) is 31.8 Å². The minimum atomic E-state index is 0.517. The normalized spacial score (nSPS) is 17.3. The van der Waals surface area contributed by atoms with Crippen LogP contribution in [-0.2, 0) is 19.4 Å². The average molecular weight is 302 g/mol. The largest absolute Gasteiger partial charge is 0.496 e. The molecule has 0 saturated heterocycles. The maximum absolute atomic E-state index is 6.08. The highest BCUT2D eigenvalue weighted by Gasteiger charge is 2.18.